The summed E-state index contributed by atoms with van der Waals surface area (Å²) in [6.07, 6.45) is 5.37. The predicted molar refractivity (Wildman–Crippen MR) is 82.6 cm³/mol. The van der Waals surface area contributed by atoms with Crippen molar-refractivity contribution in [3.05, 3.63) is 41.3 Å². The molecule has 1 heterocycles. The van der Waals surface area contributed by atoms with Crippen LogP contribution in [0.25, 0.3) is 0 Å². The summed E-state index contributed by atoms with van der Waals surface area (Å²) in [7, 11) is 0. The second kappa shape index (κ2) is 6.20. The maximum absolute atomic E-state index is 5.97. The van der Waals surface area contributed by atoms with E-state index in [0.717, 1.165) is 35.0 Å². The third kappa shape index (κ3) is 3.38. The van der Waals surface area contributed by atoms with Crippen LogP contribution in [-0.2, 0) is 6.54 Å². The number of nitrogens with zero attached hydrogens (tertiary/aromatic N) is 1. The van der Waals surface area contributed by atoms with Crippen molar-refractivity contribution < 1.29 is 9.26 Å². The molecule has 0 radical (unpaired) electrons. The van der Waals surface area contributed by atoms with Gasteiger partial charge in [-0.25, -0.2) is 0 Å². The van der Waals surface area contributed by atoms with Gasteiger partial charge < -0.3 is 14.6 Å². The van der Waals surface area contributed by atoms with Crippen LogP contribution >= 0.6 is 0 Å². The SMILES string of the molecule is Cc1noc(C)c1CNc1ccc(OC2CCCC2)cc1. The Morgan fingerprint density at radius 3 is 2.52 bits per heavy atom. The highest BCUT2D eigenvalue weighted by atomic mass is 16.5. The Labute approximate surface area is 125 Å². The molecule has 1 aliphatic rings. The van der Waals surface area contributed by atoms with Gasteiger partial charge in [0.25, 0.3) is 0 Å². The summed E-state index contributed by atoms with van der Waals surface area (Å²) in [5.41, 5.74) is 3.15. The van der Waals surface area contributed by atoms with E-state index in [1.54, 1.807) is 0 Å². The summed E-state index contributed by atoms with van der Waals surface area (Å²) in [6, 6.07) is 8.19. The van der Waals surface area contributed by atoms with Gasteiger partial charge in [0, 0.05) is 17.8 Å². The number of aryl methyl sites for hydroxylation is 2. The van der Waals surface area contributed by atoms with E-state index in [-0.39, 0.29) is 0 Å². The van der Waals surface area contributed by atoms with E-state index in [9.17, 15) is 0 Å². The third-order valence-electron chi connectivity index (χ3n) is 4.11. The van der Waals surface area contributed by atoms with E-state index in [0.29, 0.717) is 6.10 Å². The topological polar surface area (TPSA) is 47.3 Å². The van der Waals surface area contributed by atoms with Gasteiger partial charge in [-0.05, 0) is 63.8 Å². The van der Waals surface area contributed by atoms with E-state index in [1.165, 1.54) is 25.7 Å². The van der Waals surface area contributed by atoms with Crippen LogP contribution in [0, 0.1) is 13.8 Å². The molecule has 0 atom stereocenters. The molecule has 0 bridgehead atoms. The predicted octanol–water partition coefficient (Wildman–Crippen LogP) is 4.22. The fourth-order valence-corrected chi connectivity index (χ4v) is 2.79. The maximum atomic E-state index is 5.97. The summed E-state index contributed by atoms with van der Waals surface area (Å²) < 4.78 is 11.1. The van der Waals surface area contributed by atoms with Crippen molar-refractivity contribution in [3.63, 3.8) is 0 Å². The van der Waals surface area contributed by atoms with Gasteiger partial charge in [0.05, 0.1) is 11.8 Å². The zero-order valence-electron chi connectivity index (χ0n) is 12.7. The monoisotopic (exact) mass is 286 g/mol. The lowest BCUT2D eigenvalue weighted by Gasteiger charge is -2.13. The van der Waals surface area contributed by atoms with Crippen molar-refractivity contribution >= 4 is 5.69 Å². The molecule has 21 heavy (non-hydrogen) atoms. The van der Waals surface area contributed by atoms with Gasteiger partial charge in [-0.1, -0.05) is 5.16 Å². The number of aromatic nitrogens is 1. The second-order valence-electron chi connectivity index (χ2n) is 5.70. The molecule has 1 aromatic carbocycles. The Kier molecular flexibility index (Phi) is 4.13. The summed E-state index contributed by atoms with van der Waals surface area (Å²) in [5.74, 6) is 1.84. The molecule has 0 spiro atoms. The highest BCUT2D eigenvalue weighted by Crippen LogP contribution is 2.25. The Morgan fingerprint density at radius 2 is 1.90 bits per heavy atom. The fourth-order valence-electron chi connectivity index (χ4n) is 2.79. The van der Waals surface area contributed by atoms with Gasteiger partial charge in [0.15, 0.2) is 0 Å². The molecule has 0 aliphatic heterocycles. The van der Waals surface area contributed by atoms with E-state index in [1.807, 2.05) is 26.0 Å². The zero-order chi connectivity index (χ0) is 14.7. The number of rotatable bonds is 5. The Hall–Kier alpha value is -1.97. The smallest absolute Gasteiger partial charge is 0.138 e. The largest absolute Gasteiger partial charge is 0.490 e. The van der Waals surface area contributed by atoms with Crippen molar-refractivity contribution in [2.45, 2.75) is 52.2 Å². The quantitative estimate of drug-likeness (QED) is 0.893. The molecule has 1 fully saturated rings. The molecule has 4 heteroatoms. The molecule has 0 saturated heterocycles. The molecular formula is C17H22N2O2. The van der Waals surface area contributed by atoms with Crippen molar-refractivity contribution in [2.75, 3.05) is 5.32 Å². The van der Waals surface area contributed by atoms with Crippen molar-refractivity contribution in [3.8, 4) is 5.75 Å². The van der Waals surface area contributed by atoms with Gasteiger partial charge in [-0.2, -0.15) is 0 Å². The number of hydrogen-bond donors (Lipinski definition) is 1. The first kappa shape index (κ1) is 14.0. The van der Waals surface area contributed by atoms with Crippen LogP contribution in [0.5, 0.6) is 5.75 Å². The van der Waals surface area contributed by atoms with Gasteiger partial charge in [0.1, 0.15) is 11.5 Å². The third-order valence-corrected chi connectivity index (χ3v) is 4.11. The van der Waals surface area contributed by atoms with Crippen molar-refractivity contribution in [2.24, 2.45) is 0 Å². The maximum Gasteiger partial charge on any atom is 0.138 e. The highest BCUT2D eigenvalue weighted by molar-refractivity contribution is 5.47. The van der Waals surface area contributed by atoms with Crippen LogP contribution in [0.1, 0.15) is 42.7 Å². The van der Waals surface area contributed by atoms with Crippen LogP contribution in [0.15, 0.2) is 28.8 Å². The van der Waals surface area contributed by atoms with Crippen LogP contribution < -0.4 is 10.1 Å². The van der Waals surface area contributed by atoms with E-state index in [4.69, 9.17) is 9.26 Å². The molecule has 112 valence electrons. The minimum atomic E-state index is 0.408. The molecule has 2 aromatic rings. The molecule has 0 amide bonds. The Morgan fingerprint density at radius 1 is 1.19 bits per heavy atom. The second-order valence-corrected chi connectivity index (χ2v) is 5.70. The number of nitrogens with one attached hydrogen (secondary N) is 1. The molecule has 1 N–H and O–H groups in total. The number of anilines is 1. The van der Waals surface area contributed by atoms with Crippen LogP contribution in [-0.4, -0.2) is 11.3 Å². The number of benzene rings is 1. The molecule has 1 aromatic heterocycles. The Balaban J connectivity index is 1.57. The standard InChI is InChI=1S/C17H22N2O2/c1-12-17(13(2)21-19-12)11-18-14-7-9-16(10-8-14)20-15-5-3-4-6-15/h7-10,15,18H,3-6,11H2,1-2H3. The molecule has 3 rings (SSSR count). The van der Waals surface area contributed by atoms with Crippen LogP contribution in [0.3, 0.4) is 0 Å². The molecular weight excluding hydrogens is 264 g/mol. The zero-order valence-corrected chi connectivity index (χ0v) is 12.7. The lowest BCUT2D eigenvalue weighted by Crippen LogP contribution is -2.10. The molecule has 1 aliphatic carbocycles. The average Bonchev–Trinajstić information content (AvgIpc) is 3.10. The molecule has 4 nitrogen and oxygen atoms in total. The van der Waals surface area contributed by atoms with Gasteiger partial charge >= 0.3 is 0 Å². The van der Waals surface area contributed by atoms with Crippen LogP contribution in [0.2, 0.25) is 0 Å². The lowest BCUT2D eigenvalue weighted by atomic mass is 10.2. The minimum absolute atomic E-state index is 0.408. The molecule has 0 unspecified atom stereocenters. The first-order chi connectivity index (χ1) is 10.2. The fraction of sp³-hybridized carbons (Fsp3) is 0.471. The normalized spacial score (nSPS) is 15.3. The minimum Gasteiger partial charge on any atom is -0.490 e. The van der Waals surface area contributed by atoms with Crippen molar-refractivity contribution in [1.82, 2.24) is 5.16 Å². The molecule has 1 saturated carbocycles. The van der Waals surface area contributed by atoms with Crippen LogP contribution in [0.4, 0.5) is 5.69 Å². The highest BCUT2D eigenvalue weighted by Gasteiger charge is 2.16. The summed E-state index contributed by atoms with van der Waals surface area (Å²) in [6.45, 7) is 4.63. The van der Waals surface area contributed by atoms with E-state index >= 15 is 0 Å². The number of ether oxygens (including phenoxy) is 1. The van der Waals surface area contributed by atoms with Gasteiger partial charge in [-0.3, -0.25) is 0 Å². The Bertz CT molecular complexity index is 564. The van der Waals surface area contributed by atoms with Crippen molar-refractivity contribution in [1.29, 1.82) is 0 Å². The van der Waals surface area contributed by atoms with Gasteiger partial charge in [0.2, 0.25) is 0 Å². The summed E-state index contributed by atoms with van der Waals surface area (Å²) >= 11 is 0. The summed E-state index contributed by atoms with van der Waals surface area (Å²) in [5, 5.41) is 7.36. The lowest BCUT2D eigenvalue weighted by molar-refractivity contribution is 0.210. The number of hydrogen-bond acceptors (Lipinski definition) is 4. The van der Waals surface area contributed by atoms with E-state index in [2.05, 4.69) is 22.6 Å². The first-order valence-corrected chi connectivity index (χ1v) is 7.65. The van der Waals surface area contributed by atoms with E-state index < -0.39 is 0 Å². The first-order valence-electron chi connectivity index (χ1n) is 7.65. The average molecular weight is 286 g/mol. The van der Waals surface area contributed by atoms with Gasteiger partial charge in [-0.15, -0.1) is 0 Å². The summed E-state index contributed by atoms with van der Waals surface area (Å²) in [4.78, 5) is 0.